The van der Waals surface area contributed by atoms with Crippen LogP contribution in [0.2, 0.25) is 0 Å². The Labute approximate surface area is 210 Å². The van der Waals surface area contributed by atoms with E-state index in [2.05, 4.69) is 27.6 Å². The highest BCUT2D eigenvalue weighted by Gasteiger charge is 2.44. The number of amides is 1. The van der Waals surface area contributed by atoms with Gasteiger partial charge in [-0.1, -0.05) is 42.5 Å². The molecule has 1 aromatic heterocycles. The normalized spacial score (nSPS) is 23.2. The quantitative estimate of drug-likeness (QED) is 0.305. The maximum Gasteiger partial charge on any atom is 0.227 e. The molecule has 2 aliphatic rings. The Hall–Kier alpha value is -3.90. The topological polar surface area (TPSA) is 87.2 Å². The average molecular weight is 480 g/mol. The molecule has 2 saturated carbocycles. The summed E-state index contributed by atoms with van der Waals surface area (Å²) >= 11 is 0. The second-order valence-electron chi connectivity index (χ2n) is 9.92. The van der Waals surface area contributed by atoms with Crippen LogP contribution >= 0.6 is 0 Å². The molecule has 2 unspecified atom stereocenters. The van der Waals surface area contributed by atoms with Crippen LogP contribution in [0.15, 0.2) is 72.8 Å². The van der Waals surface area contributed by atoms with Crippen LogP contribution in [0, 0.1) is 17.8 Å². The predicted octanol–water partition coefficient (Wildman–Crippen LogP) is 6.26. The van der Waals surface area contributed by atoms with Gasteiger partial charge in [-0.05, 0) is 73.4 Å². The molecule has 6 rings (SSSR count). The number of aliphatic hydroxyl groups excluding tert-OH is 1. The smallest absolute Gasteiger partial charge is 0.227 e. The van der Waals surface area contributed by atoms with E-state index in [1.807, 2.05) is 72.8 Å². The van der Waals surface area contributed by atoms with Crippen molar-refractivity contribution < 1.29 is 14.6 Å². The molecule has 2 fully saturated rings. The predicted molar refractivity (Wildman–Crippen MR) is 142 cm³/mol. The highest BCUT2D eigenvalue weighted by atomic mass is 16.5. The number of nitrogens with zero attached hydrogens (tertiary/aromatic N) is 1. The van der Waals surface area contributed by atoms with Gasteiger partial charge in [0.1, 0.15) is 11.5 Å². The largest absolute Gasteiger partial charge is 0.457 e. The number of H-pyrrole nitrogens is 1. The number of carbonyl (C=O) groups is 1. The summed E-state index contributed by atoms with van der Waals surface area (Å²) < 4.78 is 6.11. The van der Waals surface area contributed by atoms with Crippen molar-refractivity contribution in [3.63, 3.8) is 0 Å². The summed E-state index contributed by atoms with van der Waals surface area (Å²) in [6.45, 7) is 0. The number of rotatable bonds is 6. The standard InChI is InChI=1S/C30H29N3O3/c34-29-14-10-20-15-21(29)16-26(20)30(35)31-22-7-4-8-23(17-22)36-24-11-12-25-27(32-33-28(25)18-24)13-9-19-5-2-1-3-6-19/h1-9,11-13,17-18,20-21,26,29,34H,10,14-16H2,(H,31,35)(H,32,33)/b13-9+/t20-,21+,26?,29?/m0/s1. The Kier molecular flexibility index (Phi) is 6.03. The lowest BCUT2D eigenvalue weighted by molar-refractivity contribution is -0.120. The number of hydrogen-bond acceptors (Lipinski definition) is 4. The summed E-state index contributed by atoms with van der Waals surface area (Å²) in [5.74, 6) is 2.00. The summed E-state index contributed by atoms with van der Waals surface area (Å²) in [5, 5.41) is 21.8. The Morgan fingerprint density at radius 3 is 2.67 bits per heavy atom. The number of fused-ring (bicyclic) bond motifs is 3. The first-order valence-corrected chi connectivity index (χ1v) is 12.6. The summed E-state index contributed by atoms with van der Waals surface area (Å²) in [6.07, 6.45) is 7.27. The van der Waals surface area contributed by atoms with Gasteiger partial charge in [0.05, 0.1) is 17.3 Å². The Balaban J connectivity index is 1.13. The molecule has 4 aromatic rings. The minimum absolute atomic E-state index is 0.0235. The molecular weight excluding hydrogens is 450 g/mol. The van der Waals surface area contributed by atoms with Gasteiger partial charge in [0.2, 0.25) is 5.91 Å². The summed E-state index contributed by atoms with van der Waals surface area (Å²) in [7, 11) is 0. The van der Waals surface area contributed by atoms with Crippen molar-refractivity contribution in [2.24, 2.45) is 17.8 Å². The van der Waals surface area contributed by atoms with E-state index in [4.69, 9.17) is 4.74 Å². The van der Waals surface area contributed by atoms with Gasteiger partial charge in [0.15, 0.2) is 0 Å². The van der Waals surface area contributed by atoms with Crippen LogP contribution in [0.5, 0.6) is 11.5 Å². The fourth-order valence-electron chi connectivity index (χ4n) is 5.70. The second kappa shape index (κ2) is 9.63. The van der Waals surface area contributed by atoms with E-state index in [9.17, 15) is 9.90 Å². The van der Waals surface area contributed by atoms with Crippen molar-refractivity contribution in [2.45, 2.75) is 31.8 Å². The summed E-state index contributed by atoms with van der Waals surface area (Å²) in [6, 6.07) is 23.5. The fraction of sp³-hybridized carbons (Fsp3) is 0.267. The van der Waals surface area contributed by atoms with Gasteiger partial charge < -0.3 is 15.2 Å². The van der Waals surface area contributed by atoms with Crippen molar-refractivity contribution in [1.82, 2.24) is 10.2 Å². The molecule has 4 atom stereocenters. The van der Waals surface area contributed by atoms with Crippen LogP contribution < -0.4 is 10.1 Å². The third-order valence-corrected chi connectivity index (χ3v) is 7.58. The molecule has 1 heterocycles. The maximum absolute atomic E-state index is 13.0. The Bertz CT molecular complexity index is 1410. The zero-order valence-electron chi connectivity index (χ0n) is 19.9. The van der Waals surface area contributed by atoms with Crippen LogP contribution in [0.1, 0.15) is 36.9 Å². The Morgan fingerprint density at radius 1 is 0.944 bits per heavy atom. The lowest BCUT2D eigenvalue weighted by atomic mass is 9.85. The Morgan fingerprint density at radius 2 is 1.81 bits per heavy atom. The van der Waals surface area contributed by atoms with Crippen LogP contribution in [0.25, 0.3) is 23.1 Å². The molecule has 0 spiro atoms. The molecular formula is C30H29N3O3. The van der Waals surface area contributed by atoms with Crippen molar-refractivity contribution in [2.75, 3.05) is 5.32 Å². The molecule has 182 valence electrons. The van der Waals surface area contributed by atoms with E-state index in [-0.39, 0.29) is 23.8 Å². The molecule has 2 bridgehead atoms. The zero-order valence-corrected chi connectivity index (χ0v) is 19.9. The average Bonchev–Trinajstić information content (AvgIpc) is 3.47. The number of aromatic amines is 1. The molecule has 0 saturated heterocycles. The first-order valence-electron chi connectivity index (χ1n) is 12.6. The molecule has 6 heteroatoms. The molecule has 1 amide bonds. The molecule has 6 nitrogen and oxygen atoms in total. The minimum atomic E-state index is -0.251. The van der Waals surface area contributed by atoms with Crippen molar-refractivity contribution in [3.05, 3.63) is 84.1 Å². The van der Waals surface area contributed by atoms with Gasteiger partial charge in [-0.25, -0.2) is 0 Å². The van der Waals surface area contributed by atoms with Gasteiger partial charge in [0.25, 0.3) is 0 Å². The molecule has 3 N–H and O–H groups in total. The van der Waals surface area contributed by atoms with E-state index < -0.39 is 0 Å². The van der Waals surface area contributed by atoms with E-state index in [0.717, 1.165) is 53.5 Å². The first kappa shape index (κ1) is 22.6. The molecule has 0 aliphatic heterocycles. The number of aliphatic hydroxyl groups is 1. The SMILES string of the molecule is O=C(Nc1cccc(Oc2ccc3c(/C=C/c4ccccc4)n[nH]c3c2)c1)C1C[C@H]2C[C@@H]1CCC2O. The van der Waals surface area contributed by atoms with Crippen molar-refractivity contribution in [1.29, 1.82) is 0 Å². The lowest BCUT2D eigenvalue weighted by Gasteiger charge is -2.24. The fourth-order valence-corrected chi connectivity index (χ4v) is 5.70. The number of benzene rings is 3. The maximum atomic E-state index is 13.0. The number of anilines is 1. The van der Waals surface area contributed by atoms with Crippen LogP contribution in [-0.2, 0) is 4.79 Å². The van der Waals surface area contributed by atoms with Gasteiger partial charge in [0, 0.05) is 29.1 Å². The van der Waals surface area contributed by atoms with Gasteiger partial charge in [-0.3, -0.25) is 9.89 Å². The van der Waals surface area contributed by atoms with E-state index in [0.29, 0.717) is 17.4 Å². The number of nitrogens with one attached hydrogen (secondary N) is 2. The summed E-state index contributed by atoms with van der Waals surface area (Å²) in [4.78, 5) is 13.0. The number of carbonyl (C=O) groups excluding carboxylic acids is 1. The van der Waals surface area contributed by atoms with Gasteiger partial charge in [-0.15, -0.1) is 0 Å². The third kappa shape index (κ3) is 4.64. The van der Waals surface area contributed by atoms with E-state index in [1.54, 1.807) is 0 Å². The van der Waals surface area contributed by atoms with Gasteiger partial charge >= 0.3 is 0 Å². The molecule has 3 aromatic carbocycles. The van der Waals surface area contributed by atoms with Crippen LogP contribution in [-0.4, -0.2) is 27.3 Å². The van der Waals surface area contributed by atoms with E-state index in [1.165, 1.54) is 0 Å². The number of hydrogen-bond donors (Lipinski definition) is 3. The van der Waals surface area contributed by atoms with Gasteiger partial charge in [-0.2, -0.15) is 5.10 Å². The van der Waals surface area contributed by atoms with Crippen LogP contribution in [0.3, 0.4) is 0 Å². The van der Waals surface area contributed by atoms with Crippen LogP contribution in [0.4, 0.5) is 5.69 Å². The molecule has 0 radical (unpaired) electrons. The lowest BCUT2D eigenvalue weighted by Crippen LogP contribution is -2.26. The molecule has 2 aliphatic carbocycles. The third-order valence-electron chi connectivity index (χ3n) is 7.58. The highest BCUT2D eigenvalue weighted by molar-refractivity contribution is 5.93. The highest BCUT2D eigenvalue weighted by Crippen LogP contribution is 2.46. The van der Waals surface area contributed by atoms with Crippen molar-refractivity contribution >= 4 is 34.6 Å². The number of ether oxygens (including phenoxy) is 1. The summed E-state index contributed by atoms with van der Waals surface area (Å²) in [5.41, 5.74) is 3.60. The minimum Gasteiger partial charge on any atom is -0.457 e. The first-order chi connectivity index (χ1) is 17.6. The second-order valence-corrected chi connectivity index (χ2v) is 9.92. The zero-order chi connectivity index (χ0) is 24.5. The number of aromatic nitrogens is 2. The monoisotopic (exact) mass is 479 g/mol. The molecule has 36 heavy (non-hydrogen) atoms. The van der Waals surface area contributed by atoms with E-state index >= 15 is 0 Å². The van der Waals surface area contributed by atoms with Crippen molar-refractivity contribution in [3.8, 4) is 11.5 Å².